The highest BCUT2D eigenvalue weighted by atomic mass is 15.1. The molecule has 286 valence electrons. The summed E-state index contributed by atoms with van der Waals surface area (Å²) in [6.07, 6.45) is 0. The molecule has 61 heavy (non-hydrogen) atoms. The minimum atomic E-state index is 1.09. The van der Waals surface area contributed by atoms with Gasteiger partial charge in [-0.15, -0.1) is 0 Å². The van der Waals surface area contributed by atoms with Crippen molar-refractivity contribution in [3.05, 3.63) is 237 Å². The Morgan fingerprint density at radius 2 is 0.705 bits per heavy atom. The van der Waals surface area contributed by atoms with E-state index in [-0.39, 0.29) is 0 Å². The minimum Gasteiger partial charge on any atom is -0.310 e. The predicted molar refractivity (Wildman–Crippen MR) is 258 cm³/mol. The highest BCUT2D eigenvalue weighted by molar-refractivity contribution is 6.12. The normalized spacial score (nSPS) is 11.6. The number of rotatable bonds is 7. The third kappa shape index (κ3) is 5.82. The van der Waals surface area contributed by atoms with Gasteiger partial charge in [0.1, 0.15) is 0 Å². The molecule has 0 fully saturated rings. The number of fused-ring (bicyclic) bond motifs is 7. The zero-order valence-electron chi connectivity index (χ0n) is 33.4. The van der Waals surface area contributed by atoms with E-state index in [1.807, 2.05) is 0 Å². The molecule has 12 rings (SSSR count). The van der Waals surface area contributed by atoms with Crippen molar-refractivity contribution in [1.29, 1.82) is 0 Å². The number of aromatic nitrogens is 2. The molecular formula is C58H39N3. The minimum absolute atomic E-state index is 1.09. The van der Waals surface area contributed by atoms with Gasteiger partial charge in [-0.25, -0.2) is 0 Å². The van der Waals surface area contributed by atoms with Crippen LogP contribution in [0.2, 0.25) is 0 Å². The second-order valence-electron chi connectivity index (χ2n) is 15.8. The van der Waals surface area contributed by atoms with E-state index in [2.05, 4.69) is 251 Å². The van der Waals surface area contributed by atoms with Crippen molar-refractivity contribution in [2.24, 2.45) is 0 Å². The Morgan fingerprint density at radius 1 is 0.262 bits per heavy atom. The van der Waals surface area contributed by atoms with E-state index in [9.17, 15) is 0 Å². The summed E-state index contributed by atoms with van der Waals surface area (Å²) in [6, 6.07) is 86.1. The molecule has 0 saturated heterocycles. The highest BCUT2D eigenvalue weighted by Gasteiger charge is 2.20. The molecule has 0 unspecified atom stereocenters. The second kappa shape index (κ2) is 14.3. The average Bonchev–Trinajstić information content (AvgIpc) is 3.85. The predicted octanol–water partition coefficient (Wildman–Crippen LogP) is 15.8. The van der Waals surface area contributed by atoms with E-state index >= 15 is 0 Å². The summed E-state index contributed by atoms with van der Waals surface area (Å²) < 4.78 is 4.77. The van der Waals surface area contributed by atoms with E-state index < -0.39 is 0 Å². The fraction of sp³-hybridized carbons (Fsp3) is 0. The van der Waals surface area contributed by atoms with Crippen LogP contribution in [-0.4, -0.2) is 9.13 Å². The third-order valence-corrected chi connectivity index (χ3v) is 12.2. The zero-order valence-corrected chi connectivity index (χ0v) is 33.4. The van der Waals surface area contributed by atoms with Gasteiger partial charge >= 0.3 is 0 Å². The van der Waals surface area contributed by atoms with E-state index in [1.54, 1.807) is 0 Å². The average molecular weight is 778 g/mol. The lowest BCUT2D eigenvalue weighted by atomic mass is 9.95. The van der Waals surface area contributed by atoms with Crippen LogP contribution in [-0.2, 0) is 0 Å². The van der Waals surface area contributed by atoms with Crippen LogP contribution in [0.3, 0.4) is 0 Å². The quantitative estimate of drug-likeness (QED) is 0.157. The molecular weight excluding hydrogens is 739 g/mol. The lowest BCUT2D eigenvalue weighted by Gasteiger charge is -2.28. The summed E-state index contributed by atoms with van der Waals surface area (Å²) >= 11 is 0. The largest absolute Gasteiger partial charge is 0.310 e. The first kappa shape index (κ1) is 34.9. The first-order valence-electron chi connectivity index (χ1n) is 20.9. The van der Waals surface area contributed by atoms with Crippen molar-refractivity contribution in [1.82, 2.24) is 9.13 Å². The Kier molecular flexibility index (Phi) is 8.17. The molecule has 0 atom stereocenters. The van der Waals surface area contributed by atoms with E-state index in [4.69, 9.17) is 0 Å². The molecule has 0 aliphatic carbocycles. The van der Waals surface area contributed by atoms with Gasteiger partial charge in [-0.1, -0.05) is 140 Å². The van der Waals surface area contributed by atoms with Crippen molar-refractivity contribution in [3.63, 3.8) is 0 Å². The van der Waals surface area contributed by atoms with Crippen LogP contribution in [0, 0.1) is 0 Å². The molecule has 3 nitrogen and oxygen atoms in total. The first-order valence-corrected chi connectivity index (χ1v) is 20.9. The van der Waals surface area contributed by atoms with Crippen molar-refractivity contribution >= 4 is 71.4 Å². The molecule has 10 aromatic carbocycles. The lowest BCUT2D eigenvalue weighted by molar-refractivity contribution is 1.18. The van der Waals surface area contributed by atoms with Crippen molar-refractivity contribution in [3.8, 4) is 33.6 Å². The SMILES string of the molecule is c1ccc(N(c2cc(-c3ccc4c(c3)c3ccccc3n4-c3ccccc3)cc(-c3ccc4c(c3)c3ccccc3n4-c3ccccc3)c2)c2cccc3ccccc23)cc1. The van der Waals surface area contributed by atoms with Crippen LogP contribution < -0.4 is 4.90 Å². The summed E-state index contributed by atoms with van der Waals surface area (Å²) in [4.78, 5) is 2.43. The summed E-state index contributed by atoms with van der Waals surface area (Å²) in [5.74, 6) is 0. The maximum Gasteiger partial charge on any atom is 0.0541 e. The monoisotopic (exact) mass is 777 g/mol. The maximum absolute atomic E-state index is 2.43. The van der Waals surface area contributed by atoms with Crippen LogP contribution in [0.5, 0.6) is 0 Å². The van der Waals surface area contributed by atoms with Gasteiger partial charge in [0.2, 0.25) is 0 Å². The van der Waals surface area contributed by atoms with Crippen molar-refractivity contribution < 1.29 is 0 Å². The van der Waals surface area contributed by atoms with Crippen molar-refractivity contribution in [2.75, 3.05) is 4.90 Å². The fourth-order valence-corrected chi connectivity index (χ4v) is 9.50. The number of hydrogen-bond donors (Lipinski definition) is 0. The maximum atomic E-state index is 2.43. The van der Waals surface area contributed by atoms with E-state index in [1.165, 1.54) is 65.5 Å². The zero-order chi connectivity index (χ0) is 40.3. The second-order valence-corrected chi connectivity index (χ2v) is 15.8. The highest BCUT2D eigenvalue weighted by Crippen LogP contribution is 2.44. The Morgan fingerprint density at radius 3 is 1.26 bits per heavy atom. The molecule has 0 aliphatic heterocycles. The third-order valence-electron chi connectivity index (χ3n) is 12.2. The van der Waals surface area contributed by atoms with E-state index in [0.29, 0.717) is 0 Å². The number of hydrogen-bond acceptors (Lipinski definition) is 1. The van der Waals surface area contributed by atoms with Crippen LogP contribution in [0.15, 0.2) is 237 Å². The molecule has 0 N–H and O–H groups in total. The molecule has 0 bridgehead atoms. The van der Waals surface area contributed by atoms with Gasteiger partial charge < -0.3 is 14.0 Å². The number of nitrogens with zero attached hydrogens (tertiary/aromatic N) is 3. The number of para-hydroxylation sites is 5. The molecule has 2 aromatic heterocycles. The number of benzene rings is 10. The first-order chi connectivity index (χ1) is 30.3. The molecule has 12 aromatic rings. The Bertz CT molecular complexity index is 3400. The van der Waals surface area contributed by atoms with Crippen LogP contribution in [0.1, 0.15) is 0 Å². The summed E-state index contributed by atoms with van der Waals surface area (Å²) in [7, 11) is 0. The molecule has 0 radical (unpaired) electrons. The summed E-state index contributed by atoms with van der Waals surface area (Å²) in [5, 5.41) is 7.34. The van der Waals surface area contributed by atoms with Crippen LogP contribution in [0.25, 0.3) is 88.0 Å². The van der Waals surface area contributed by atoms with Gasteiger partial charge in [-0.05, 0) is 125 Å². The van der Waals surface area contributed by atoms with Gasteiger partial charge in [0.05, 0.1) is 27.8 Å². The molecule has 3 heteroatoms. The van der Waals surface area contributed by atoms with E-state index in [0.717, 1.165) is 39.6 Å². The summed E-state index contributed by atoms with van der Waals surface area (Å²) in [5.41, 5.74) is 15.1. The summed E-state index contributed by atoms with van der Waals surface area (Å²) in [6.45, 7) is 0. The Balaban J connectivity index is 1.12. The standard InChI is InChI=1S/C58H39N3/c1-4-19-45(20-5-1)59(54-30-16-18-40-17-10-11-25-49(40)54)48-36-43(41-31-33-57-52(38-41)50-26-12-14-28-55(50)60(57)46-21-6-2-7-22-46)35-44(37-48)42-32-34-58-53(39-42)51-27-13-15-29-56(51)61(58)47-23-8-3-9-24-47/h1-39H. The lowest BCUT2D eigenvalue weighted by Crippen LogP contribution is -2.10. The van der Waals surface area contributed by atoms with Gasteiger partial charge in [0.15, 0.2) is 0 Å². The van der Waals surface area contributed by atoms with Crippen molar-refractivity contribution in [2.45, 2.75) is 0 Å². The molecule has 0 spiro atoms. The molecule has 2 heterocycles. The van der Waals surface area contributed by atoms with Crippen LogP contribution >= 0.6 is 0 Å². The van der Waals surface area contributed by atoms with Gasteiger partial charge in [-0.2, -0.15) is 0 Å². The van der Waals surface area contributed by atoms with Gasteiger partial charge in [-0.3, -0.25) is 0 Å². The van der Waals surface area contributed by atoms with Crippen LogP contribution in [0.4, 0.5) is 17.1 Å². The molecule has 0 amide bonds. The molecule has 0 aliphatic rings. The number of anilines is 3. The molecule has 0 saturated carbocycles. The van der Waals surface area contributed by atoms with Gasteiger partial charge in [0, 0.05) is 49.7 Å². The van der Waals surface area contributed by atoms with Gasteiger partial charge in [0.25, 0.3) is 0 Å². The fourth-order valence-electron chi connectivity index (χ4n) is 9.50. The Labute approximate surface area is 354 Å². The topological polar surface area (TPSA) is 13.1 Å². The smallest absolute Gasteiger partial charge is 0.0541 e. The Hall–Kier alpha value is -8.14.